The maximum absolute atomic E-state index is 12.7. The highest BCUT2D eigenvalue weighted by Crippen LogP contribution is 2.28. The van der Waals surface area contributed by atoms with Crippen molar-refractivity contribution >= 4 is 11.6 Å². The summed E-state index contributed by atoms with van der Waals surface area (Å²) in [7, 11) is 3.70. The number of likely N-dealkylation sites (N-methyl/N-ethyl adjacent to an activating group) is 1. The van der Waals surface area contributed by atoms with E-state index in [4.69, 9.17) is 4.74 Å². The molecule has 2 aromatic rings. The second-order valence-electron chi connectivity index (χ2n) is 6.86. The third kappa shape index (κ3) is 3.69. The number of benzene rings is 2. The van der Waals surface area contributed by atoms with Crippen molar-refractivity contribution in [3.63, 3.8) is 0 Å². The van der Waals surface area contributed by atoms with Gasteiger partial charge in [-0.25, -0.2) is 0 Å². The van der Waals surface area contributed by atoms with Gasteiger partial charge in [0, 0.05) is 18.8 Å². The van der Waals surface area contributed by atoms with Crippen molar-refractivity contribution in [1.29, 1.82) is 0 Å². The molecule has 4 heteroatoms. The summed E-state index contributed by atoms with van der Waals surface area (Å²) in [4.78, 5) is 16.7. The van der Waals surface area contributed by atoms with Gasteiger partial charge in [0.1, 0.15) is 5.75 Å². The largest absolute Gasteiger partial charge is 0.496 e. The monoisotopic (exact) mass is 338 g/mol. The van der Waals surface area contributed by atoms with Gasteiger partial charge in [0.25, 0.3) is 0 Å². The van der Waals surface area contributed by atoms with Crippen molar-refractivity contribution in [1.82, 2.24) is 4.90 Å². The van der Waals surface area contributed by atoms with Crippen molar-refractivity contribution in [3.8, 4) is 5.75 Å². The fourth-order valence-corrected chi connectivity index (χ4v) is 3.73. The van der Waals surface area contributed by atoms with Crippen molar-refractivity contribution in [3.05, 3.63) is 58.7 Å². The number of fused-ring (bicyclic) bond motifs is 1. The zero-order chi connectivity index (χ0) is 18.0. The lowest BCUT2D eigenvalue weighted by molar-refractivity contribution is -0.119. The third-order valence-electron chi connectivity index (χ3n) is 4.77. The second kappa shape index (κ2) is 7.28. The first-order valence-corrected chi connectivity index (χ1v) is 8.70. The summed E-state index contributed by atoms with van der Waals surface area (Å²) in [6.07, 6.45) is 0.947. The highest BCUT2D eigenvalue weighted by atomic mass is 16.5. The number of aryl methyl sites for hydroxylation is 2. The molecule has 0 radical (unpaired) electrons. The van der Waals surface area contributed by atoms with Gasteiger partial charge in [-0.3, -0.25) is 9.69 Å². The molecule has 0 aliphatic carbocycles. The number of methoxy groups -OCH3 is 1. The Hall–Kier alpha value is -2.33. The van der Waals surface area contributed by atoms with Gasteiger partial charge in [-0.1, -0.05) is 30.3 Å². The maximum Gasteiger partial charge on any atom is 0.241 e. The summed E-state index contributed by atoms with van der Waals surface area (Å²) in [6, 6.07) is 12.5. The smallest absolute Gasteiger partial charge is 0.241 e. The predicted octanol–water partition coefficient (Wildman–Crippen LogP) is 3.33. The number of hydrogen-bond acceptors (Lipinski definition) is 3. The molecule has 0 saturated heterocycles. The van der Waals surface area contributed by atoms with Crippen molar-refractivity contribution in [2.45, 2.75) is 26.8 Å². The summed E-state index contributed by atoms with van der Waals surface area (Å²) in [5.41, 5.74) is 5.79. The SMILES string of the molecule is COc1c(C)cc(CN(C)CC(=O)N2CCc3ccccc32)cc1C. The zero-order valence-electron chi connectivity index (χ0n) is 15.5. The van der Waals surface area contributed by atoms with E-state index in [-0.39, 0.29) is 5.91 Å². The Morgan fingerprint density at radius 3 is 2.56 bits per heavy atom. The van der Waals surface area contributed by atoms with Crippen LogP contribution in [0.3, 0.4) is 0 Å². The van der Waals surface area contributed by atoms with Crippen LogP contribution in [0.15, 0.2) is 36.4 Å². The van der Waals surface area contributed by atoms with Crippen LogP contribution in [0.25, 0.3) is 0 Å². The highest BCUT2D eigenvalue weighted by molar-refractivity contribution is 5.96. The van der Waals surface area contributed by atoms with Gasteiger partial charge in [-0.2, -0.15) is 0 Å². The number of anilines is 1. The summed E-state index contributed by atoms with van der Waals surface area (Å²) < 4.78 is 5.43. The molecule has 1 heterocycles. The summed E-state index contributed by atoms with van der Waals surface area (Å²) in [6.45, 7) is 6.06. The quantitative estimate of drug-likeness (QED) is 0.838. The molecule has 0 unspecified atom stereocenters. The van der Waals surface area contributed by atoms with E-state index >= 15 is 0 Å². The van der Waals surface area contributed by atoms with E-state index in [2.05, 4.69) is 36.9 Å². The molecule has 1 aliphatic rings. The average molecular weight is 338 g/mol. The molecule has 25 heavy (non-hydrogen) atoms. The summed E-state index contributed by atoms with van der Waals surface area (Å²) >= 11 is 0. The van der Waals surface area contributed by atoms with Crippen LogP contribution < -0.4 is 9.64 Å². The van der Waals surface area contributed by atoms with E-state index in [0.29, 0.717) is 6.54 Å². The van der Waals surface area contributed by atoms with E-state index < -0.39 is 0 Å². The van der Waals surface area contributed by atoms with Crippen molar-refractivity contribution < 1.29 is 9.53 Å². The Bertz CT molecular complexity index is 762. The van der Waals surface area contributed by atoms with Crippen LogP contribution in [-0.4, -0.2) is 38.1 Å². The van der Waals surface area contributed by atoms with E-state index in [1.165, 1.54) is 11.1 Å². The molecular formula is C21H26N2O2. The molecule has 0 spiro atoms. The molecule has 0 aromatic heterocycles. The number of rotatable bonds is 5. The van der Waals surface area contributed by atoms with E-state index in [0.717, 1.165) is 42.1 Å². The van der Waals surface area contributed by atoms with Gasteiger partial charge in [-0.15, -0.1) is 0 Å². The summed E-state index contributed by atoms with van der Waals surface area (Å²) in [5.74, 6) is 1.10. The van der Waals surface area contributed by atoms with Crippen LogP contribution in [0, 0.1) is 13.8 Å². The molecule has 4 nitrogen and oxygen atoms in total. The molecular weight excluding hydrogens is 312 g/mol. The van der Waals surface area contributed by atoms with E-state index in [9.17, 15) is 4.79 Å². The van der Waals surface area contributed by atoms with Crippen LogP contribution in [0.4, 0.5) is 5.69 Å². The second-order valence-corrected chi connectivity index (χ2v) is 6.86. The Morgan fingerprint density at radius 1 is 1.20 bits per heavy atom. The minimum absolute atomic E-state index is 0.161. The maximum atomic E-state index is 12.7. The number of carbonyl (C=O) groups excluding carboxylic acids is 1. The number of amides is 1. The van der Waals surface area contributed by atoms with E-state index in [1.807, 2.05) is 30.1 Å². The Morgan fingerprint density at radius 2 is 1.88 bits per heavy atom. The number of hydrogen-bond donors (Lipinski definition) is 0. The zero-order valence-corrected chi connectivity index (χ0v) is 15.5. The third-order valence-corrected chi connectivity index (χ3v) is 4.77. The van der Waals surface area contributed by atoms with Crippen LogP contribution >= 0.6 is 0 Å². The van der Waals surface area contributed by atoms with Gasteiger partial charge in [0.05, 0.1) is 13.7 Å². The van der Waals surface area contributed by atoms with Gasteiger partial charge in [-0.05, 0) is 55.6 Å². The molecule has 2 aromatic carbocycles. The Kier molecular flexibility index (Phi) is 5.09. The normalized spacial score (nSPS) is 13.2. The lowest BCUT2D eigenvalue weighted by Gasteiger charge is -2.22. The van der Waals surface area contributed by atoms with Crippen LogP contribution in [0.1, 0.15) is 22.3 Å². The van der Waals surface area contributed by atoms with Crippen LogP contribution in [0.2, 0.25) is 0 Å². The standard InChI is InChI=1S/C21H26N2O2/c1-15-11-17(12-16(2)21(15)25-4)13-22(3)14-20(24)23-10-9-18-7-5-6-8-19(18)23/h5-8,11-12H,9-10,13-14H2,1-4H3. The van der Waals surface area contributed by atoms with Gasteiger partial charge >= 0.3 is 0 Å². The molecule has 3 rings (SSSR count). The molecule has 1 amide bonds. The molecule has 1 aliphatic heterocycles. The first-order valence-electron chi connectivity index (χ1n) is 8.70. The lowest BCUT2D eigenvalue weighted by Crippen LogP contribution is -2.37. The Balaban J connectivity index is 1.65. The fraction of sp³-hybridized carbons (Fsp3) is 0.381. The van der Waals surface area contributed by atoms with Crippen molar-refractivity contribution in [2.75, 3.05) is 32.1 Å². The molecule has 0 saturated carbocycles. The lowest BCUT2D eigenvalue weighted by atomic mass is 10.1. The molecule has 0 N–H and O–H groups in total. The van der Waals surface area contributed by atoms with Gasteiger partial charge < -0.3 is 9.64 Å². The number of ether oxygens (including phenoxy) is 1. The number of carbonyl (C=O) groups is 1. The minimum Gasteiger partial charge on any atom is -0.496 e. The molecule has 0 fully saturated rings. The first kappa shape index (κ1) is 17.5. The minimum atomic E-state index is 0.161. The summed E-state index contributed by atoms with van der Waals surface area (Å²) in [5, 5.41) is 0. The van der Waals surface area contributed by atoms with Crippen molar-refractivity contribution in [2.24, 2.45) is 0 Å². The van der Waals surface area contributed by atoms with E-state index in [1.54, 1.807) is 7.11 Å². The fourth-order valence-electron chi connectivity index (χ4n) is 3.73. The molecule has 0 atom stereocenters. The number of nitrogens with zero attached hydrogens (tertiary/aromatic N) is 2. The van der Waals surface area contributed by atoms with Crippen LogP contribution in [0.5, 0.6) is 5.75 Å². The van der Waals surface area contributed by atoms with Crippen LogP contribution in [-0.2, 0) is 17.8 Å². The predicted molar refractivity (Wildman–Crippen MR) is 101 cm³/mol. The first-order chi connectivity index (χ1) is 12.0. The average Bonchev–Trinajstić information content (AvgIpc) is 2.98. The van der Waals surface area contributed by atoms with Gasteiger partial charge in [0.2, 0.25) is 5.91 Å². The number of para-hydroxylation sites is 1. The van der Waals surface area contributed by atoms with Gasteiger partial charge in [0.15, 0.2) is 0 Å². The topological polar surface area (TPSA) is 32.8 Å². The molecule has 0 bridgehead atoms. The highest BCUT2D eigenvalue weighted by Gasteiger charge is 2.24. The molecule has 132 valence electrons. The Labute approximate surface area is 150 Å².